The van der Waals surface area contributed by atoms with E-state index in [0.29, 0.717) is 17.5 Å². The van der Waals surface area contributed by atoms with Crippen LogP contribution in [0.5, 0.6) is 0 Å². The van der Waals surface area contributed by atoms with Crippen molar-refractivity contribution in [3.8, 4) is 0 Å². The fourth-order valence-electron chi connectivity index (χ4n) is 1.52. The number of hydrogen-bond donors (Lipinski definition) is 1. The van der Waals surface area contributed by atoms with Gasteiger partial charge >= 0.3 is 0 Å². The average molecular weight is 300 g/mol. The average Bonchev–Trinajstić information content (AvgIpc) is 2.76. The molecule has 1 aromatic heterocycles. The largest absolute Gasteiger partial charge is 0.431 e. The zero-order valence-corrected chi connectivity index (χ0v) is 12.5. The van der Waals surface area contributed by atoms with Gasteiger partial charge in [-0.25, -0.2) is 18.1 Å². The fourth-order valence-corrected chi connectivity index (χ4v) is 2.95. The fraction of sp³-hybridized carbons (Fsp3) is 0.417. The molecule has 0 amide bonds. The van der Waals surface area contributed by atoms with Crippen LogP contribution in [0.2, 0.25) is 0 Å². The van der Waals surface area contributed by atoms with Gasteiger partial charge in [-0.3, -0.25) is 0 Å². The van der Waals surface area contributed by atoms with Crippen LogP contribution in [0.25, 0.3) is 11.1 Å². The molecule has 0 saturated carbocycles. The van der Waals surface area contributed by atoms with E-state index >= 15 is 0 Å². The van der Waals surface area contributed by atoms with Crippen molar-refractivity contribution in [2.45, 2.75) is 19.1 Å². The normalized spacial score (nSPS) is 12.1. The molecule has 0 aliphatic carbocycles. The predicted molar refractivity (Wildman–Crippen MR) is 76.9 cm³/mol. The molecular weight excluding hydrogens is 284 g/mol. The van der Waals surface area contributed by atoms with Crippen LogP contribution in [0.1, 0.15) is 12.5 Å². The minimum absolute atomic E-state index is 0.0971. The molecule has 7 heteroatoms. The summed E-state index contributed by atoms with van der Waals surface area (Å²) >= 11 is 1.40. The van der Waals surface area contributed by atoms with Gasteiger partial charge in [0.25, 0.3) is 5.22 Å². The lowest BCUT2D eigenvalue weighted by Crippen LogP contribution is -2.27. The number of aryl methyl sites for hydroxylation is 1. The Balaban J connectivity index is 1.92. The van der Waals surface area contributed by atoms with Crippen LogP contribution in [0.15, 0.2) is 27.8 Å². The van der Waals surface area contributed by atoms with Crippen molar-refractivity contribution in [1.29, 1.82) is 0 Å². The highest BCUT2D eigenvalue weighted by Gasteiger charge is 2.08. The van der Waals surface area contributed by atoms with Gasteiger partial charge in [0.15, 0.2) is 5.58 Å². The maximum absolute atomic E-state index is 11.2. The van der Waals surface area contributed by atoms with E-state index in [-0.39, 0.29) is 5.75 Å². The first-order valence-electron chi connectivity index (χ1n) is 5.97. The lowest BCUT2D eigenvalue weighted by atomic mass is 10.2. The van der Waals surface area contributed by atoms with Gasteiger partial charge in [-0.15, -0.1) is 0 Å². The maximum atomic E-state index is 11.2. The van der Waals surface area contributed by atoms with Crippen molar-refractivity contribution >= 4 is 32.9 Å². The maximum Gasteiger partial charge on any atom is 0.256 e. The Morgan fingerprint density at radius 2 is 2.21 bits per heavy atom. The molecule has 104 valence electrons. The number of nitrogens with zero attached hydrogens (tertiary/aromatic N) is 1. The highest BCUT2D eigenvalue weighted by atomic mass is 32.2. The summed E-state index contributed by atoms with van der Waals surface area (Å²) in [6, 6.07) is 5.82. The summed E-state index contributed by atoms with van der Waals surface area (Å²) in [5, 5.41) is 0.566. The van der Waals surface area contributed by atoms with Gasteiger partial charge in [-0.1, -0.05) is 17.8 Å². The highest BCUT2D eigenvalue weighted by molar-refractivity contribution is 7.99. The Bertz CT molecular complexity index is 665. The van der Waals surface area contributed by atoms with Gasteiger partial charge in [0.05, 0.1) is 5.75 Å². The molecule has 2 aromatic rings. The van der Waals surface area contributed by atoms with Crippen LogP contribution in [0.4, 0.5) is 0 Å². The molecule has 0 bridgehead atoms. The Labute approximate surface area is 116 Å². The topological polar surface area (TPSA) is 72.2 Å². The molecule has 0 fully saturated rings. The number of benzene rings is 1. The number of rotatable bonds is 6. The lowest BCUT2D eigenvalue weighted by molar-refractivity contribution is 0.489. The summed E-state index contributed by atoms with van der Waals surface area (Å²) in [6.45, 7) is 3.98. The van der Waals surface area contributed by atoms with E-state index in [1.807, 2.05) is 25.1 Å². The first-order chi connectivity index (χ1) is 9.00. The molecule has 0 unspecified atom stereocenters. The number of hydrogen-bond acceptors (Lipinski definition) is 5. The van der Waals surface area contributed by atoms with Crippen molar-refractivity contribution in [3.63, 3.8) is 0 Å². The van der Waals surface area contributed by atoms with Crippen LogP contribution >= 0.6 is 11.8 Å². The van der Waals surface area contributed by atoms with Crippen LogP contribution in [-0.4, -0.2) is 31.5 Å². The second-order valence-electron chi connectivity index (χ2n) is 4.10. The number of oxazole rings is 1. The van der Waals surface area contributed by atoms with Crippen LogP contribution in [0.3, 0.4) is 0 Å². The number of sulfonamides is 1. The van der Waals surface area contributed by atoms with Gasteiger partial charge in [0.1, 0.15) is 5.52 Å². The molecular formula is C12H16N2O3S2. The molecule has 1 heterocycles. The van der Waals surface area contributed by atoms with Crippen molar-refractivity contribution in [2.24, 2.45) is 0 Å². The Morgan fingerprint density at radius 1 is 1.42 bits per heavy atom. The molecule has 1 aromatic carbocycles. The molecule has 0 radical (unpaired) electrons. The van der Waals surface area contributed by atoms with Gasteiger partial charge in [-0.05, 0) is 31.5 Å². The smallest absolute Gasteiger partial charge is 0.256 e. The third-order valence-electron chi connectivity index (χ3n) is 2.55. The van der Waals surface area contributed by atoms with Crippen molar-refractivity contribution in [1.82, 2.24) is 9.71 Å². The van der Waals surface area contributed by atoms with E-state index in [1.165, 1.54) is 11.8 Å². The molecule has 5 nitrogen and oxygen atoms in total. The first-order valence-corrected chi connectivity index (χ1v) is 8.61. The van der Waals surface area contributed by atoms with Gasteiger partial charge in [0, 0.05) is 12.3 Å². The van der Waals surface area contributed by atoms with Gasteiger partial charge < -0.3 is 4.42 Å². The summed E-state index contributed by atoms with van der Waals surface area (Å²) in [7, 11) is -3.12. The van der Waals surface area contributed by atoms with Crippen molar-refractivity contribution in [2.75, 3.05) is 18.1 Å². The van der Waals surface area contributed by atoms with E-state index in [0.717, 1.165) is 16.7 Å². The summed E-state index contributed by atoms with van der Waals surface area (Å²) in [6.07, 6.45) is 0. The minimum atomic E-state index is -3.12. The zero-order chi connectivity index (χ0) is 13.9. The summed E-state index contributed by atoms with van der Waals surface area (Å²) in [4.78, 5) is 4.35. The quantitative estimate of drug-likeness (QED) is 0.654. The Kier molecular flexibility index (Phi) is 4.49. The molecule has 2 rings (SSSR count). The van der Waals surface area contributed by atoms with Crippen LogP contribution in [-0.2, 0) is 10.0 Å². The monoisotopic (exact) mass is 300 g/mol. The number of thioether (sulfide) groups is 1. The van der Waals surface area contributed by atoms with E-state index in [1.54, 1.807) is 6.92 Å². The second kappa shape index (κ2) is 5.94. The van der Waals surface area contributed by atoms with Crippen LogP contribution < -0.4 is 4.72 Å². The van der Waals surface area contributed by atoms with Crippen LogP contribution in [0, 0.1) is 6.92 Å². The molecule has 0 spiro atoms. The summed E-state index contributed by atoms with van der Waals surface area (Å²) in [5.41, 5.74) is 2.71. The third kappa shape index (κ3) is 3.95. The van der Waals surface area contributed by atoms with Gasteiger partial charge in [-0.2, -0.15) is 0 Å². The number of aromatic nitrogens is 1. The summed E-state index contributed by atoms with van der Waals surface area (Å²) in [5.74, 6) is 0.685. The molecule has 0 atom stereocenters. The second-order valence-corrected chi connectivity index (χ2v) is 7.24. The number of nitrogens with one attached hydrogen (secondary N) is 1. The standard InChI is InChI=1S/C12H16N2O3S2/c1-3-19(15,16)13-6-7-18-12-14-10-8-9(2)4-5-11(10)17-12/h4-5,8,13H,3,6-7H2,1-2H3. The predicted octanol–water partition coefficient (Wildman–Crippen LogP) is 2.17. The Hall–Kier alpha value is -1.05. The molecule has 0 aliphatic heterocycles. The lowest BCUT2D eigenvalue weighted by Gasteiger charge is -2.01. The molecule has 1 N–H and O–H groups in total. The van der Waals surface area contributed by atoms with Crippen molar-refractivity contribution < 1.29 is 12.8 Å². The minimum Gasteiger partial charge on any atom is -0.431 e. The highest BCUT2D eigenvalue weighted by Crippen LogP contribution is 2.23. The number of fused-ring (bicyclic) bond motifs is 1. The van der Waals surface area contributed by atoms with E-state index in [4.69, 9.17) is 4.42 Å². The van der Waals surface area contributed by atoms with E-state index in [9.17, 15) is 8.42 Å². The van der Waals surface area contributed by atoms with E-state index < -0.39 is 10.0 Å². The third-order valence-corrected chi connectivity index (χ3v) is 4.79. The SMILES string of the molecule is CCS(=O)(=O)NCCSc1nc2cc(C)ccc2o1. The van der Waals surface area contributed by atoms with E-state index in [2.05, 4.69) is 9.71 Å². The van der Waals surface area contributed by atoms with Crippen molar-refractivity contribution in [3.05, 3.63) is 23.8 Å². The summed E-state index contributed by atoms with van der Waals surface area (Å²) < 4.78 is 30.5. The zero-order valence-electron chi connectivity index (χ0n) is 10.8. The molecule has 0 aliphatic rings. The Morgan fingerprint density at radius 3 is 2.95 bits per heavy atom. The first kappa shape index (κ1) is 14.4. The van der Waals surface area contributed by atoms with Gasteiger partial charge in [0.2, 0.25) is 10.0 Å². The molecule has 19 heavy (non-hydrogen) atoms. The molecule has 0 saturated heterocycles.